The lowest BCUT2D eigenvalue weighted by molar-refractivity contribution is -0.128. The van der Waals surface area contributed by atoms with E-state index in [1.807, 2.05) is 26.8 Å². The Balaban J connectivity index is 0.00000338. The Labute approximate surface area is 174 Å². The third kappa shape index (κ3) is 6.63. The predicted molar refractivity (Wildman–Crippen MR) is 120 cm³/mol. The van der Waals surface area contributed by atoms with Crippen molar-refractivity contribution in [3.05, 3.63) is 42.0 Å². The predicted octanol–water partition coefficient (Wildman–Crippen LogP) is 3.13. The molecule has 0 bridgehead atoms. The van der Waals surface area contributed by atoms with Gasteiger partial charge in [0.15, 0.2) is 5.96 Å². The Bertz CT molecular complexity index is 635. The molecule has 1 amide bonds. The normalized spacial score (nSPS) is 15.0. The maximum atomic E-state index is 11.9. The van der Waals surface area contributed by atoms with E-state index in [-0.39, 0.29) is 35.3 Å². The first-order valence-corrected chi connectivity index (χ1v) is 8.90. The van der Waals surface area contributed by atoms with Gasteiger partial charge >= 0.3 is 0 Å². The van der Waals surface area contributed by atoms with Gasteiger partial charge in [-0.25, -0.2) is 0 Å². The lowest BCUT2D eigenvalue weighted by atomic mass is 9.96. The fourth-order valence-electron chi connectivity index (χ4n) is 2.72. The summed E-state index contributed by atoms with van der Waals surface area (Å²) in [6.07, 6.45) is 3.28. The van der Waals surface area contributed by atoms with Gasteiger partial charge in [0.1, 0.15) is 0 Å². The molecule has 0 aromatic heterocycles. The van der Waals surface area contributed by atoms with Crippen LogP contribution in [0, 0.1) is 5.41 Å². The molecule has 0 fully saturated rings. The maximum absolute atomic E-state index is 11.9. The van der Waals surface area contributed by atoms with Crippen LogP contribution >= 0.6 is 24.0 Å². The van der Waals surface area contributed by atoms with Crippen molar-refractivity contribution in [3.8, 4) is 0 Å². The number of hydrogen-bond donors (Lipinski definition) is 2. The summed E-state index contributed by atoms with van der Waals surface area (Å²) in [6.45, 7) is 8.79. The van der Waals surface area contributed by atoms with Gasteiger partial charge in [0.2, 0.25) is 5.91 Å². The third-order valence-corrected chi connectivity index (χ3v) is 4.24. The number of rotatable bonds is 4. The van der Waals surface area contributed by atoms with E-state index in [9.17, 15) is 4.79 Å². The van der Waals surface area contributed by atoms with E-state index in [0.717, 1.165) is 25.5 Å². The topological polar surface area (TPSA) is 56.7 Å². The van der Waals surface area contributed by atoms with Crippen LogP contribution in [-0.2, 0) is 4.79 Å². The average Bonchev–Trinajstić information content (AvgIpc) is 2.62. The second-order valence-corrected chi connectivity index (χ2v) is 7.27. The largest absolute Gasteiger partial charge is 0.354 e. The van der Waals surface area contributed by atoms with Crippen LogP contribution in [0.15, 0.2) is 41.4 Å². The molecule has 1 aliphatic heterocycles. The fraction of sp³-hybridized carbons (Fsp3) is 0.500. The molecule has 0 radical (unpaired) electrons. The van der Waals surface area contributed by atoms with E-state index in [0.29, 0.717) is 13.1 Å². The number of carbonyl (C=O) groups is 1. The Morgan fingerprint density at radius 3 is 2.35 bits per heavy atom. The summed E-state index contributed by atoms with van der Waals surface area (Å²) >= 11 is 0. The van der Waals surface area contributed by atoms with Gasteiger partial charge in [-0.3, -0.25) is 9.79 Å². The molecule has 1 aliphatic rings. The molecule has 0 saturated heterocycles. The zero-order valence-corrected chi connectivity index (χ0v) is 18.5. The lowest BCUT2D eigenvalue weighted by Crippen LogP contribution is -2.46. The molecule has 1 aromatic carbocycles. The Kier molecular flexibility index (Phi) is 9.12. The van der Waals surface area contributed by atoms with Crippen molar-refractivity contribution in [2.75, 3.05) is 33.2 Å². The number of benzene rings is 1. The van der Waals surface area contributed by atoms with Crippen molar-refractivity contribution in [1.82, 2.24) is 15.5 Å². The fourth-order valence-corrected chi connectivity index (χ4v) is 2.72. The van der Waals surface area contributed by atoms with E-state index in [1.54, 1.807) is 7.05 Å². The number of nitrogens with zero attached hydrogens (tertiary/aromatic N) is 2. The Hall–Kier alpha value is -1.57. The molecule has 5 nitrogen and oxygen atoms in total. The van der Waals surface area contributed by atoms with Crippen LogP contribution in [0.2, 0.25) is 0 Å². The molecule has 2 rings (SSSR count). The molecule has 2 N–H and O–H groups in total. The molecule has 0 spiro atoms. The van der Waals surface area contributed by atoms with E-state index in [1.165, 1.54) is 11.1 Å². The van der Waals surface area contributed by atoms with Gasteiger partial charge in [-0.05, 0) is 17.6 Å². The van der Waals surface area contributed by atoms with Crippen LogP contribution in [0.25, 0.3) is 5.57 Å². The molecule has 1 aromatic rings. The second kappa shape index (κ2) is 10.5. The van der Waals surface area contributed by atoms with Gasteiger partial charge in [-0.1, -0.05) is 57.2 Å². The van der Waals surface area contributed by atoms with E-state index in [2.05, 4.69) is 50.9 Å². The number of aliphatic imine (C=N–C) groups is 1. The minimum absolute atomic E-state index is 0. The van der Waals surface area contributed by atoms with Crippen LogP contribution in [-0.4, -0.2) is 50.0 Å². The van der Waals surface area contributed by atoms with E-state index < -0.39 is 0 Å². The maximum Gasteiger partial charge on any atom is 0.225 e. The Morgan fingerprint density at radius 1 is 1.15 bits per heavy atom. The van der Waals surface area contributed by atoms with Crippen molar-refractivity contribution < 1.29 is 4.79 Å². The Morgan fingerprint density at radius 2 is 1.81 bits per heavy atom. The minimum atomic E-state index is -0.354. The zero-order valence-electron chi connectivity index (χ0n) is 16.2. The van der Waals surface area contributed by atoms with Gasteiger partial charge in [0.05, 0.1) is 0 Å². The first-order valence-electron chi connectivity index (χ1n) is 8.90. The monoisotopic (exact) mass is 470 g/mol. The van der Waals surface area contributed by atoms with Crippen molar-refractivity contribution in [2.24, 2.45) is 10.4 Å². The van der Waals surface area contributed by atoms with Gasteiger partial charge in [-0.2, -0.15) is 0 Å². The van der Waals surface area contributed by atoms with Gasteiger partial charge < -0.3 is 15.5 Å². The highest BCUT2D eigenvalue weighted by molar-refractivity contribution is 14.0. The highest BCUT2D eigenvalue weighted by atomic mass is 127. The number of halogens is 1. The SMILES string of the molecule is CN=C(NCCNC(=O)C(C)(C)C)N1CC=C(c2ccccc2)CC1.I. The number of nitrogens with one attached hydrogen (secondary N) is 2. The van der Waals surface area contributed by atoms with Crippen molar-refractivity contribution in [1.29, 1.82) is 0 Å². The molecule has 6 heteroatoms. The van der Waals surface area contributed by atoms with E-state index in [4.69, 9.17) is 0 Å². The molecule has 1 heterocycles. The summed E-state index contributed by atoms with van der Waals surface area (Å²) in [5.41, 5.74) is 2.34. The second-order valence-electron chi connectivity index (χ2n) is 7.27. The van der Waals surface area contributed by atoms with Crippen LogP contribution < -0.4 is 10.6 Å². The molecule has 26 heavy (non-hydrogen) atoms. The quantitative estimate of drug-likeness (QED) is 0.308. The summed E-state index contributed by atoms with van der Waals surface area (Å²) in [6, 6.07) is 10.5. The van der Waals surface area contributed by atoms with Gasteiger partial charge in [-0.15, -0.1) is 24.0 Å². The highest BCUT2D eigenvalue weighted by Crippen LogP contribution is 2.21. The van der Waals surface area contributed by atoms with Crippen LogP contribution in [0.5, 0.6) is 0 Å². The van der Waals surface area contributed by atoms with Crippen LogP contribution in [0.3, 0.4) is 0 Å². The molecule has 0 saturated carbocycles. The third-order valence-electron chi connectivity index (χ3n) is 4.24. The van der Waals surface area contributed by atoms with Gasteiger partial charge in [0, 0.05) is 38.6 Å². The standard InChI is InChI=1S/C20H30N4O.HI/c1-20(2,3)18(25)22-12-13-23-19(21-4)24-14-10-17(11-15-24)16-8-6-5-7-9-16;/h5-10H,11-15H2,1-4H3,(H,21,23)(H,22,25);1H. The molecule has 0 unspecified atom stereocenters. The van der Waals surface area contributed by atoms with Gasteiger partial charge in [0.25, 0.3) is 0 Å². The van der Waals surface area contributed by atoms with Crippen molar-refractivity contribution in [2.45, 2.75) is 27.2 Å². The molecular formula is C20H31IN4O. The number of hydrogen-bond acceptors (Lipinski definition) is 2. The summed E-state index contributed by atoms with van der Waals surface area (Å²) in [5, 5.41) is 6.28. The molecular weight excluding hydrogens is 439 g/mol. The summed E-state index contributed by atoms with van der Waals surface area (Å²) < 4.78 is 0. The summed E-state index contributed by atoms with van der Waals surface area (Å²) in [4.78, 5) is 18.5. The smallest absolute Gasteiger partial charge is 0.225 e. The lowest BCUT2D eigenvalue weighted by Gasteiger charge is -2.30. The van der Waals surface area contributed by atoms with Crippen LogP contribution in [0.1, 0.15) is 32.8 Å². The van der Waals surface area contributed by atoms with Crippen LogP contribution in [0.4, 0.5) is 0 Å². The number of carbonyl (C=O) groups excluding carboxylic acids is 1. The average molecular weight is 470 g/mol. The van der Waals surface area contributed by atoms with Crippen molar-refractivity contribution >= 4 is 41.4 Å². The number of amides is 1. The summed E-state index contributed by atoms with van der Waals surface area (Å²) in [5.74, 6) is 0.950. The van der Waals surface area contributed by atoms with E-state index >= 15 is 0 Å². The summed E-state index contributed by atoms with van der Waals surface area (Å²) in [7, 11) is 1.80. The molecule has 0 aliphatic carbocycles. The first-order chi connectivity index (χ1) is 11.9. The minimum Gasteiger partial charge on any atom is -0.354 e. The molecule has 0 atom stereocenters. The van der Waals surface area contributed by atoms with Crippen molar-refractivity contribution in [3.63, 3.8) is 0 Å². The number of guanidine groups is 1. The first kappa shape index (κ1) is 22.5. The highest BCUT2D eigenvalue weighted by Gasteiger charge is 2.20. The molecule has 144 valence electrons. The zero-order chi connectivity index (χ0) is 18.3.